The molecule has 0 bridgehead atoms. The Hall–Kier alpha value is -2.36. The molecule has 0 aliphatic rings. The molecule has 1 N–H and O–H groups in total. The molecule has 0 atom stereocenters. The minimum atomic E-state index is -0.390. The van der Waals surface area contributed by atoms with Crippen molar-refractivity contribution in [3.63, 3.8) is 0 Å². The van der Waals surface area contributed by atoms with Gasteiger partial charge in [0.05, 0.1) is 4.92 Å². The number of nitro groups is 1. The van der Waals surface area contributed by atoms with Crippen molar-refractivity contribution < 1.29 is 4.92 Å². The summed E-state index contributed by atoms with van der Waals surface area (Å²) in [5.74, 6) is 0. The van der Waals surface area contributed by atoms with Gasteiger partial charge in [0.15, 0.2) is 0 Å². The standard InChI is InChI=1S/C16H18N2O2/c1-2-3-5-13-8-10-14(11-9-13)17-15-6-4-7-16(12-15)18(19)20/h4,6-12,17H,2-3,5H2,1H3. The first kappa shape index (κ1) is 14.1. The number of non-ortho nitro benzene ring substituents is 1. The van der Waals surface area contributed by atoms with Gasteiger partial charge in [-0.05, 0) is 36.6 Å². The van der Waals surface area contributed by atoms with Crippen molar-refractivity contribution in [2.24, 2.45) is 0 Å². The molecule has 20 heavy (non-hydrogen) atoms. The Kier molecular flexibility index (Phi) is 4.71. The lowest BCUT2D eigenvalue weighted by atomic mass is 10.1. The first-order chi connectivity index (χ1) is 9.69. The minimum Gasteiger partial charge on any atom is -0.355 e. The van der Waals surface area contributed by atoms with Gasteiger partial charge >= 0.3 is 0 Å². The predicted octanol–water partition coefficient (Wildman–Crippen LogP) is 4.68. The molecule has 2 aromatic rings. The number of hydrogen-bond acceptors (Lipinski definition) is 3. The molecule has 104 valence electrons. The Balaban J connectivity index is 2.06. The Morgan fingerprint density at radius 2 is 1.85 bits per heavy atom. The van der Waals surface area contributed by atoms with Crippen LogP contribution in [0.2, 0.25) is 0 Å². The van der Waals surface area contributed by atoms with Gasteiger partial charge in [-0.1, -0.05) is 31.5 Å². The second kappa shape index (κ2) is 6.70. The molecular weight excluding hydrogens is 252 g/mol. The summed E-state index contributed by atoms with van der Waals surface area (Å²) in [7, 11) is 0. The molecule has 0 unspecified atom stereocenters. The number of anilines is 2. The lowest BCUT2D eigenvalue weighted by Crippen LogP contribution is -1.93. The van der Waals surface area contributed by atoms with Crippen molar-refractivity contribution in [2.75, 3.05) is 5.32 Å². The minimum absolute atomic E-state index is 0.0922. The summed E-state index contributed by atoms with van der Waals surface area (Å²) in [6.45, 7) is 2.18. The van der Waals surface area contributed by atoms with Crippen LogP contribution in [0.15, 0.2) is 48.5 Å². The molecule has 0 fully saturated rings. The van der Waals surface area contributed by atoms with Crippen molar-refractivity contribution in [1.82, 2.24) is 0 Å². The quantitative estimate of drug-likeness (QED) is 0.612. The second-order valence-corrected chi connectivity index (χ2v) is 4.73. The highest BCUT2D eigenvalue weighted by molar-refractivity contribution is 5.62. The molecule has 4 heteroatoms. The largest absolute Gasteiger partial charge is 0.355 e. The maximum Gasteiger partial charge on any atom is 0.271 e. The van der Waals surface area contributed by atoms with Gasteiger partial charge in [0.2, 0.25) is 0 Å². The average Bonchev–Trinajstić information content (AvgIpc) is 2.47. The Bertz CT molecular complexity index is 579. The molecule has 0 heterocycles. The summed E-state index contributed by atoms with van der Waals surface area (Å²) in [4.78, 5) is 10.3. The fraction of sp³-hybridized carbons (Fsp3) is 0.250. The zero-order valence-electron chi connectivity index (χ0n) is 11.5. The Morgan fingerprint density at radius 3 is 2.50 bits per heavy atom. The van der Waals surface area contributed by atoms with Crippen LogP contribution in [-0.4, -0.2) is 4.92 Å². The summed E-state index contributed by atoms with van der Waals surface area (Å²) in [6, 6.07) is 14.7. The van der Waals surface area contributed by atoms with E-state index >= 15 is 0 Å². The van der Waals surface area contributed by atoms with E-state index in [1.54, 1.807) is 6.07 Å². The van der Waals surface area contributed by atoms with Crippen LogP contribution in [0, 0.1) is 10.1 Å². The number of unbranched alkanes of at least 4 members (excludes halogenated alkanes) is 1. The predicted molar refractivity (Wildman–Crippen MR) is 81.4 cm³/mol. The number of hydrogen-bond donors (Lipinski definition) is 1. The van der Waals surface area contributed by atoms with E-state index < -0.39 is 0 Å². The third-order valence-electron chi connectivity index (χ3n) is 3.12. The summed E-state index contributed by atoms with van der Waals surface area (Å²) >= 11 is 0. The van der Waals surface area contributed by atoms with Gasteiger partial charge in [0, 0.05) is 23.5 Å². The number of benzene rings is 2. The van der Waals surface area contributed by atoms with Gasteiger partial charge in [0.1, 0.15) is 0 Å². The van der Waals surface area contributed by atoms with Crippen molar-refractivity contribution in [1.29, 1.82) is 0 Å². The third-order valence-corrected chi connectivity index (χ3v) is 3.12. The molecular formula is C16H18N2O2. The number of rotatable bonds is 6. The summed E-state index contributed by atoms with van der Waals surface area (Å²) in [5, 5.41) is 13.9. The highest BCUT2D eigenvalue weighted by Gasteiger charge is 2.05. The number of nitro benzene ring substituents is 1. The average molecular weight is 270 g/mol. The SMILES string of the molecule is CCCCc1ccc(Nc2cccc([N+](=O)[O-])c2)cc1. The summed E-state index contributed by atoms with van der Waals surface area (Å²) < 4.78 is 0. The first-order valence-corrected chi connectivity index (χ1v) is 6.79. The van der Waals surface area contributed by atoms with Gasteiger partial charge in [0.25, 0.3) is 5.69 Å². The maximum absolute atomic E-state index is 10.7. The van der Waals surface area contributed by atoms with Gasteiger partial charge in [-0.15, -0.1) is 0 Å². The molecule has 0 aromatic heterocycles. The van der Waals surface area contributed by atoms with Crippen LogP contribution in [0.4, 0.5) is 17.1 Å². The highest BCUT2D eigenvalue weighted by Crippen LogP contribution is 2.21. The van der Waals surface area contributed by atoms with E-state index in [1.807, 2.05) is 18.2 Å². The van der Waals surface area contributed by atoms with Crippen molar-refractivity contribution >= 4 is 17.1 Å². The van der Waals surface area contributed by atoms with Crippen LogP contribution in [0.25, 0.3) is 0 Å². The lowest BCUT2D eigenvalue weighted by Gasteiger charge is -2.07. The first-order valence-electron chi connectivity index (χ1n) is 6.79. The number of nitrogens with one attached hydrogen (secondary N) is 1. The van der Waals surface area contributed by atoms with Gasteiger partial charge < -0.3 is 5.32 Å². The van der Waals surface area contributed by atoms with E-state index in [4.69, 9.17) is 0 Å². The molecule has 0 aliphatic heterocycles. The van der Waals surface area contributed by atoms with Crippen LogP contribution in [-0.2, 0) is 6.42 Å². The van der Waals surface area contributed by atoms with Crippen LogP contribution in [0.5, 0.6) is 0 Å². The van der Waals surface area contributed by atoms with E-state index in [0.717, 1.165) is 17.8 Å². The summed E-state index contributed by atoms with van der Waals surface area (Å²) in [5.41, 5.74) is 3.07. The molecule has 0 radical (unpaired) electrons. The monoisotopic (exact) mass is 270 g/mol. The van der Waals surface area contributed by atoms with E-state index in [9.17, 15) is 10.1 Å². The molecule has 0 amide bonds. The fourth-order valence-corrected chi connectivity index (χ4v) is 2.00. The molecule has 0 spiro atoms. The third kappa shape index (κ3) is 3.82. The topological polar surface area (TPSA) is 55.2 Å². The van der Waals surface area contributed by atoms with Crippen LogP contribution >= 0.6 is 0 Å². The number of aryl methyl sites for hydroxylation is 1. The van der Waals surface area contributed by atoms with E-state index in [0.29, 0.717) is 0 Å². The fourth-order valence-electron chi connectivity index (χ4n) is 2.00. The Morgan fingerprint density at radius 1 is 1.10 bits per heavy atom. The van der Waals surface area contributed by atoms with Crippen LogP contribution < -0.4 is 5.32 Å². The molecule has 2 aromatic carbocycles. The molecule has 0 aliphatic carbocycles. The second-order valence-electron chi connectivity index (χ2n) is 4.73. The van der Waals surface area contributed by atoms with Gasteiger partial charge in [-0.25, -0.2) is 0 Å². The van der Waals surface area contributed by atoms with Crippen molar-refractivity contribution in [3.05, 3.63) is 64.2 Å². The lowest BCUT2D eigenvalue weighted by molar-refractivity contribution is -0.384. The zero-order chi connectivity index (χ0) is 14.4. The molecule has 2 rings (SSSR count). The van der Waals surface area contributed by atoms with E-state index in [2.05, 4.69) is 24.4 Å². The van der Waals surface area contributed by atoms with Crippen molar-refractivity contribution in [2.45, 2.75) is 26.2 Å². The maximum atomic E-state index is 10.7. The molecule has 0 saturated heterocycles. The van der Waals surface area contributed by atoms with Crippen molar-refractivity contribution in [3.8, 4) is 0 Å². The molecule has 0 saturated carbocycles. The van der Waals surface area contributed by atoms with Crippen LogP contribution in [0.3, 0.4) is 0 Å². The number of nitrogens with zero attached hydrogens (tertiary/aromatic N) is 1. The Labute approximate surface area is 118 Å². The highest BCUT2D eigenvalue weighted by atomic mass is 16.6. The van der Waals surface area contributed by atoms with Gasteiger partial charge in [-0.3, -0.25) is 10.1 Å². The molecule has 4 nitrogen and oxygen atoms in total. The normalized spacial score (nSPS) is 10.2. The summed E-state index contributed by atoms with van der Waals surface area (Å²) in [6.07, 6.45) is 3.47. The smallest absolute Gasteiger partial charge is 0.271 e. The van der Waals surface area contributed by atoms with E-state index in [1.165, 1.54) is 30.5 Å². The zero-order valence-corrected chi connectivity index (χ0v) is 11.5. The van der Waals surface area contributed by atoms with E-state index in [-0.39, 0.29) is 10.6 Å². The van der Waals surface area contributed by atoms with Gasteiger partial charge in [-0.2, -0.15) is 0 Å². The van der Waals surface area contributed by atoms with Crippen LogP contribution in [0.1, 0.15) is 25.3 Å².